The SMILES string of the molecule is C=CC(=O)NCc1ccccc1CC(=O)NCc1cc(Cl)cc(Br)c1. The molecule has 0 atom stereocenters. The fourth-order valence-corrected chi connectivity index (χ4v) is 3.24. The summed E-state index contributed by atoms with van der Waals surface area (Å²) in [6.07, 6.45) is 1.46. The van der Waals surface area contributed by atoms with Gasteiger partial charge >= 0.3 is 0 Å². The van der Waals surface area contributed by atoms with Crippen molar-refractivity contribution in [2.75, 3.05) is 0 Å². The van der Waals surface area contributed by atoms with Crippen molar-refractivity contribution in [3.63, 3.8) is 0 Å². The van der Waals surface area contributed by atoms with E-state index in [1.807, 2.05) is 36.4 Å². The molecule has 0 bridgehead atoms. The average Bonchev–Trinajstić information content (AvgIpc) is 2.58. The van der Waals surface area contributed by atoms with Crippen molar-refractivity contribution in [2.24, 2.45) is 0 Å². The number of hydrogen-bond donors (Lipinski definition) is 2. The van der Waals surface area contributed by atoms with Gasteiger partial charge < -0.3 is 10.6 Å². The molecule has 0 unspecified atom stereocenters. The second kappa shape index (κ2) is 9.39. The monoisotopic (exact) mass is 420 g/mol. The van der Waals surface area contributed by atoms with Gasteiger partial charge in [-0.3, -0.25) is 9.59 Å². The van der Waals surface area contributed by atoms with Gasteiger partial charge in [-0.25, -0.2) is 0 Å². The molecule has 2 aromatic rings. The molecule has 0 heterocycles. The van der Waals surface area contributed by atoms with Crippen molar-refractivity contribution in [1.82, 2.24) is 10.6 Å². The first-order chi connectivity index (χ1) is 12.0. The van der Waals surface area contributed by atoms with E-state index in [-0.39, 0.29) is 18.2 Å². The molecule has 0 fully saturated rings. The zero-order valence-electron chi connectivity index (χ0n) is 13.5. The minimum absolute atomic E-state index is 0.0985. The highest BCUT2D eigenvalue weighted by molar-refractivity contribution is 9.10. The van der Waals surface area contributed by atoms with Crippen LogP contribution in [0.3, 0.4) is 0 Å². The number of carbonyl (C=O) groups excluding carboxylic acids is 2. The summed E-state index contributed by atoms with van der Waals surface area (Å²) in [5.41, 5.74) is 2.69. The number of amides is 2. The van der Waals surface area contributed by atoms with Crippen molar-refractivity contribution >= 4 is 39.3 Å². The summed E-state index contributed by atoms with van der Waals surface area (Å²) in [4.78, 5) is 23.6. The standard InChI is InChI=1S/C19H18BrClN2O2/c1-2-18(24)23-12-15-6-4-3-5-14(15)9-19(25)22-11-13-7-16(20)10-17(21)8-13/h2-8,10H,1,9,11-12H2,(H,22,25)(H,23,24). The molecule has 0 aliphatic carbocycles. The van der Waals surface area contributed by atoms with E-state index in [2.05, 4.69) is 33.1 Å². The van der Waals surface area contributed by atoms with Gasteiger partial charge in [0.25, 0.3) is 0 Å². The van der Waals surface area contributed by atoms with E-state index in [4.69, 9.17) is 11.6 Å². The summed E-state index contributed by atoms with van der Waals surface area (Å²) in [5.74, 6) is -0.343. The minimum atomic E-state index is -0.245. The topological polar surface area (TPSA) is 58.2 Å². The molecule has 0 saturated carbocycles. The molecule has 6 heteroatoms. The molecule has 130 valence electrons. The fraction of sp³-hybridized carbons (Fsp3) is 0.158. The lowest BCUT2D eigenvalue weighted by atomic mass is 10.0. The molecule has 2 rings (SSSR count). The van der Waals surface area contributed by atoms with Crippen molar-refractivity contribution in [1.29, 1.82) is 0 Å². The molecular weight excluding hydrogens is 404 g/mol. The Balaban J connectivity index is 1.96. The van der Waals surface area contributed by atoms with E-state index in [0.717, 1.165) is 21.2 Å². The maximum absolute atomic E-state index is 12.2. The highest BCUT2D eigenvalue weighted by Crippen LogP contribution is 2.19. The van der Waals surface area contributed by atoms with Crippen LogP contribution >= 0.6 is 27.5 Å². The number of hydrogen-bond acceptors (Lipinski definition) is 2. The van der Waals surface area contributed by atoms with Gasteiger partial charge in [0.1, 0.15) is 0 Å². The van der Waals surface area contributed by atoms with Gasteiger partial charge in [-0.1, -0.05) is 58.4 Å². The molecule has 0 spiro atoms. The third-order valence-corrected chi connectivity index (χ3v) is 4.20. The number of rotatable bonds is 7. The first-order valence-corrected chi connectivity index (χ1v) is 8.83. The minimum Gasteiger partial charge on any atom is -0.352 e. The van der Waals surface area contributed by atoms with Crippen LogP contribution in [-0.2, 0) is 29.1 Å². The zero-order valence-corrected chi connectivity index (χ0v) is 15.9. The van der Waals surface area contributed by atoms with Crippen LogP contribution in [0.25, 0.3) is 0 Å². The maximum atomic E-state index is 12.2. The highest BCUT2D eigenvalue weighted by Gasteiger charge is 2.09. The van der Waals surface area contributed by atoms with E-state index < -0.39 is 0 Å². The number of carbonyl (C=O) groups is 2. The van der Waals surface area contributed by atoms with Gasteiger partial charge in [0.15, 0.2) is 0 Å². The summed E-state index contributed by atoms with van der Waals surface area (Å²) in [5, 5.41) is 6.22. The lowest BCUT2D eigenvalue weighted by molar-refractivity contribution is -0.120. The fourth-order valence-electron chi connectivity index (χ4n) is 2.31. The molecule has 2 N–H and O–H groups in total. The summed E-state index contributed by atoms with van der Waals surface area (Å²) >= 11 is 9.38. The van der Waals surface area contributed by atoms with E-state index in [1.54, 1.807) is 6.07 Å². The molecule has 0 aliphatic heterocycles. The van der Waals surface area contributed by atoms with Gasteiger partial charge in [-0.05, 0) is 41.0 Å². The van der Waals surface area contributed by atoms with Crippen LogP contribution in [0.5, 0.6) is 0 Å². The smallest absolute Gasteiger partial charge is 0.243 e. The van der Waals surface area contributed by atoms with Gasteiger partial charge in [0, 0.05) is 22.6 Å². The molecular formula is C19H18BrClN2O2. The molecule has 0 saturated heterocycles. The normalized spacial score (nSPS) is 10.2. The molecule has 0 aliphatic rings. The van der Waals surface area contributed by atoms with Crippen LogP contribution < -0.4 is 10.6 Å². The van der Waals surface area contributed by atoms with E-state index in [9.17, 15) is 9.59 Å². The Hall–Kier alpha value is -2.11. The third kappa shape index (κ3) is 6.36. The van der Waals surface area contributed by atoms with Crippen LogP contribution in [-0.4, -0.2) is 11.8 Å². The maximum Gasteiger partial charge on any atom is 0.243 e. The largest absolute Gasteiger partial charge is 0.352 e. The Labute approximate surface area is 160 Å². The molecule has 2 aromatic carbocycles. The van der Waals surface area contributed by atoms with Crippen LogP contribution in [0.1, 0.15) is 16.7 Å². The van der Waals surface area contributed by atoms with E-state index in [1.165, 1.54) is 6.08 Å². The number of nitrogens with one attached hydrogen (secondary N) is 2. The Morgan fingerprint density at radius 1 is 1.08 bits per heavy atom. The van der Waals surface area contributed by atoms with Crippen LogP contribution in [0, 0.1) is 0 Å². The summed E-state index contributed by atoms with van der Waals surface area (Å²) in [7, 11) is 0. The van der Waals surface area contributed by atoms with Gasteiger partial charge in [-0.2, -0.15) is 0 Å². The van der Waals surface area contributed by atoms with Crippen LogP contribution in [0.4, 0.5) is 0 Å². The number of benzene rings is 2. The molecule has 25 heavy (non-hydrogen) atoms. The summed E-state index contributed by atoms with van der Waals surface area (Å²) in [6, 6.07) is 13.0. The quantitative estimate of drug-likeness (QED) is 0.669. The zero-order chi connectivity index (χ0) is 18.2. The Bertz CT molecular complexity index is 772. The Morgan fingerprint density at radius 3 is 2.48 bits per heavy atom. The Morgan fingerprint density at radius 2 is 1.80 bits per heavy atom. The second-order valence-corrected chi connectivity index (χ2v) is 6.77. The lowest BCUT2D eigenvalue weighted by Crippen LogP contribution is -2.26. The van der Waals surface area contributed by atoms with Crippen LogP contribution in [0.2, 0.25) is 5.02 Å². The molecule has 0 aromatic heterocycles. The first-order valence-electron chi connectivity index (χ1n) is 7.66. The highest BCUT2D eigenvalue weighted by atomic mass is 79.9. The van der Waals surface area contributed by atoms with E-state index in [0.29, 0.717) is 18.1 Å². The van der Waals surface area contributed by atoms with E-state index >= 15 is 0 Å². The average molecular weight is 422 g/mol. The van der Waals surface area contributed by atoms with Crippen LogP contribution in [0.15, 0.2) is 59.6 Å². The van der Waals surface area contributed by atoms with Crippen molar-refractivity contribution in [3.05, 3.63) is 81.3 Å². The van der Waals surface area contributed by atoms with Crippen molar-refractivity contribution < 1.29 is 9.59 Å². The summed E-state index contributed by atoms with van der Waals surface area (Å²) in [6.45, 7) is 4.17. The third-order valence-electron chi connectivity index (χ3n) is 3.52. The molecule has 2 amide bonds. The van der Waals surface area contributed by atoms with Gasteiger partial charge in [0.2, 0.25) is 11.8 Å². The lowest BCUT2D eigenvalue weighted by Gasteiger charge is -2.11. The van der Waals surface area contributed by atoms with Crippen molar-refractivity contribution in [3.8, 4) is 0 Å². The second-order valence-electron chi connectivity index (χ2n) is 5.42. The Kier molecular flexibility index (Phi) is 7.22. The predicted octanol–water partition coefficient (Wildman–Crippen LogP) is 3.76. The molecule has 4 nitrogen and oxygen atoms in total. The van der Waals surface area contributed by atoms with Gasteiger partial charge in [0.05, 0.1) is 6.42 Å². The first kappa shape index (κ1) is 19.2. The summed E-state index contributed by atoms with van der Waals surface area (Å²) < 4.78 is 0.868. The van der Waals surface area contributed by atoms with Crippen molar-refractivity contribution in [2.45, 2.75) is 19.5 Å². The predicted molar refractivity (Wildman–Crippen MR) is 103 cm³/mol. The van der Waals surface area contributed by atoms with Gasteiger partial charge in [-0.15, -0.1) is 0 Å². The number of halogens is 2. The molecule has 0 radical (unpaired) electrons.